The van der Waals surface area contributed by atoms with Gasteiger partial charge in [-0.05, 0) is 37.8 Å². The summed E-state index contributed by atoms with van der Waals surface area (Å²) in [5.41, 5.74) is 1.16. The van der Waals surface area contributed by atoms with Crippen molar-refractivity contribution in [2.45, 2.75) is 32.3 Å². The Balaban J connectivity index is 2.26. The summed E-state index contributed by atoms with van der Waals surface area (Å²) in [6.45, 7) is 1.77. The molecule has 1 atom stereocenters. The van der Waals surface area contributed by atoms with E-state index < -0.39 is 10.1 Å². The molecule has 0 fully saturated rings. The van der Waals surface area contributed by atoms with Gasteiger partial charge in [0.05, 0.1) is 12.4 Å². The van der Waals surface area contributed by atoms with E-state index in [2.05, 4.69) is 4.98 Å². The lowest BCUT2D eigenvalue weighted by atomic mass is 10.1. The minimum Gasteiger partial charge on any atom is -0.267 e. The molecular formula is C11H17NO3S. The van der Waals surface area contributed by atoms with E-state index in [1.165, 1.54) is 0 Å². The first-order valence-electron chi connectivity index (χ1n) is 5.24. The maximum absolute atomic E-state index is 10.8. The van der Waals surface area contributed by atoms with Crippen molar-refractivity contribution in [3.05, 3.63) is 30.1 Å². The van der Waals surface area contributed by atoms with Crippen LogP contribution in [0.1, 0.15) is 25.3 Å². The lowest BCUT2D eigenvalue weighted by Gasteiger charge is -2.10. The highest BCUT2D eigenvalue weighted by molar-refractivity contribution is 7.86. The summed E-state index contributed by atoms with van der Waals surface area (Å²) in [6.07, 6.45) is 6.88. The van der Waals surface area contributed by atoms with Gasteiger partial charge < -0.3 is 0 Å². The van der Waals surface area contributed by atoms with Gasteiger partial charge in [0, 0.05) is 12.4 Å². The molecule has 0 aliphatic carbocycles. The Morgan fingerprint density at radius 1 is 1.50 bits per heavy atom. The molecule has 0 amide bonds. The molecule has 0 saturated carbocycles. The van der Waals surface area contributed by atoms with Crippen molar-refractivity contribution < 1.29 is 12.6 Å². The summed E-state index contributed by atoms with van der Waals surface area (Å²) < 4.78 is 26.5. The molecule has 1 rings (SSSR count). The summed E-state index contributed by atoms with van der Waals surface area (Å²) in [7, 11) is -3.33. The molecule has 0 saturated heterocycles. The number of hydrogen-bond acceptors (Lipinski definition) is 4. The Morgan fingerprint density at radius 3 is 2.81 bits per heavy atom. The second kappa shape index (κ2) is 5.96. The Hall–Kier alpha value is -0.940. The van der Waals surface area contributed by atoms with Crippen LogP contribution < -0.4 is 0 Å². The summed E-state index contributed by atoms with van der Waals surface area (Å²) in [4.78, 5) is 4.01. The summed E-state index contributed by atoms with van der Waals surface area (Å²) in [5, 5.41) is 0. The van der Waals surface area contributed by atoms with Crippen LogP contribution >= 0.6 is 0 Å². The van der Waals surface area contributed by atoms with E-state index in [9.17, 15) is 8.42 Å². The Morgan fingerprint density at radius 2 is 2.25 bits per heavy atom. The molecule has 0 bridgehead atoms. The fourth-order valence-electron chi connectivity index (χ4n) is 1.49. The van der Waals surface area contributed by atoms with Crippen LogP contribution in [0.15, 0.2) is 24.5 Å². The molecule has 1 heterocycles. The van der Waals surface area contributed by atoms with Crippen molar-refractivity contribution in [3.63, 3.8) is 0 Å². The summed E-state index contributed by atoms with van der Waals surface area (Å²) in [6, 6.07) is 3.90. The first-order chi connectivity index (χ1) is 7.47. The Labute approximate surface area is 96.8 Å². The molecule has 0 spiro atoms. The van der Waals surface area contributed by atoms with E-state index in [1.54, 1.807) is 13.1 Å². The van der Waals surface area contributed by atoms with Crippen LogP contribution in [0.4, 0.5) is 0 Å². The number of hydrogen-bond donors (Lipinski definition) is 0. The molecule has 1 aromatic rings. The normalized spacial score (nSPS) is 13.6. The van der Waals surface area contributed by atoms with E-state index in [1.807, 2.05) is 18.3 Å². The van der Waals surface area contributed by atoms with Crippen LogP contribution in [-0.4, -0.2) is 25.8 Å². The first kappa shape index (κ1) is 13.1. The van der Waals surface area contributed by atoms with Crippen molar-refractivity contribution in [2.24, 2.45) is 0 Å². The standard InChI is InChI=1S/C11H17NO3S/c1-10(15-16(2,13)14)5-3-6-11-7-4-8-12-9-11/h4,7-10H,3,5-6H2,1-2H3/t10-/m1/s1. The lowest BCUT2D eigenvalue weighted by Crippen LogP contribution is -2.14. The van der Waals surface area contributed by atoms with Gasteiger partial charge in [0.25, 0.3) is 10.1 Å². The number of pyridine rings is 1. The van der Waals surface area contributed by atoms with Crippen LogP contribution in [0.2, 0.25) is 0 Å². The Kier molecular flexibility index (Phi) is 4.89. The number of aromatic nitrogens is 1. The summed E-state index contributed by atoms with van der Waals surface area (Å²) >= 11 is 0. The third-order valence-electron chi connectivity index (χ3n) is 2.14. The van der Waals surface area contributed by atoms with Crippen molar-refractivity contribution in [1.29, 1.82) is 0 Å². The largest absolute Gasteiger partial charge is 0.267 e. The molecule has 0 aliphatic rings. The highest BCUT2D eigenvalue weighted by Crippen LogP contribution is 2.09. The van der Waals surface area contributed by atoms with Crippen molar-refractivity contribution in [1.82, 2.24) is 4.98 Å². The van der Waals surface area contributed by atoms with E-state index in [-0.39, 0.29) is 6.10 Å². The van der Waals surface area contributed by atoms with Gasteiger partial charge in [-0.25, -0.2) is 0 Å². The fourth-order valence-corrected chi connectivity index (χ4v) is 2.18. The number of nitrogens with zero attached hydrogens (tertiary/aromatic N) is 1. The van der Waals surface area contributed by atoms with Gasteiger partial charge in [-0.15, -0.1) is 0 Å². The fraction of sp³-hybridized carbons (Fsp3) is 0.545. The average molecular weight is 243 g/mol. The molecular weight excluding hydrogens is 226 g/mol. The maximum atomic E-state index is 10.8. The molecule has 0 N–H and O–H groups in total. The van der Waals surface area contributed by atoms with Gasteiger partial charge >= 0.3 is 0 Å². The highest BCUT2D eigenvalue weighted by Gasteiger charge is 2.09. The smallest absolute Gasteiger partial charge is 0.264 e. The average Bonchev–Trinajstić information content (AvgIpc) is 2.16. The zero-order chi connectivity index (χ0) is 12.0. The van der Waals surface area contributed by atoms with Gasteiger partial charge in [-0.3, -0.25) is 9.17 Å². The predicted octanol–water partition coefficient (Wildman–Crippen LogP) is 1.77. The molecule has 16 heavy (non-hydrogen) atoms. The van der Waals surface area contributed by atoms with Gasteiger partial charge in [0.2, 0.25) is 0 Å². The minimum absolute atomic E-state index is 0.258. The molecule has 0 aromatic carbocycles. The van der Waals surface area contributed by atoms with Crippen molar-refractivity contribution in [3.8, 4) is 0 Å². The molecule has 1 aromatic heterocycles. The zero-order valence-corrected chi connectivity index (χ0v) is 10.4. The molecule has 0 radical (unpaired) electrons. The minimum atomic E-state index is -3.33. The number of rotatable bonds is 6. The maximum Gasteiger partial charge on any atom is 0.264 e. The van der Waals surface area contributed by atoms with Crippen LogP contribution in [0.25, 0.3) is 0 Å². The molecule has 90 valence electrons. The second-order valence-corrected chi connectivity index (χ2v) is 5.47. The van der Waals surface area contributed by atoms with Gasteiger partial charge in [-0.2, -0.15) is 8.42 Å². The lowest BCUT2D eigenvalue weighted by molar-refractivity contribution is 0.217. The van der Waals surface area contributed by atoms with Crippen molar-refractivity contribution in [2.75, 3.05) is 6.26 Å². The second-order valence-electron chi connectivity index (χ2n) is 3.86. The van der Waals surface area contributed by atoms with Crippen LogP contribution in [0.5, 0.6) is 0 Å². The first-order valence-corrected chi connectivity index (χ1v) is 7.06. The van der Waals surface area contributed by atoms with Gasteiger partial charge in [0.15, 0.2) is 0 Å². The quantitative estimate of drug-likeness (QED) is 0.714. The van der Waals surface area contributed by atoms with E-state index in [0.29, 0.717) is 0 Å². The van der Waals surface area contributed by atoms with Crippen LogP contribution in [0.3, 0.4) is 0 Å². The van der Waals surface area contributed by atoms with Gasteiger partial charge in [-0.1, -0.05) is 6.07 Å². The van der Waals surface area contributed by atoms with Crippen molar-refractivity contribution >= 4 is 10.1 Å². The molecule has 0 aliphatic heterocycles. The van der Waals surface area contributed by atoms with Crippen LogP contribution in [0, 0.1) is 0 Å². The van der Waals surface area contributed by atoms with Crippen LogP contribution in [-0.2, 0) is 20.7 Å². The third-order valence-corrected chi connectivity index (χ3v) is 2.82. The van der Waals surface area contributed by atoms with E-state index in [4.69, 9.17) is 4.18 Å². The topological polar surface area (TPSA) is 56.3 Å². The van der Waals surface area contributed by atoms with E-state index in [0.717, 1.165) is 31.1 Å². The molecule has 5 heteroatoms. The zero-order valence-electron chi connectivity index (χ0n) is 9.59. The van der Waals surface area contributed by atoms with Gasteiger partial charge in [0.1, 0.15) is 0 Å². The number of aryl methyl sites for hydroxylation is 1. The molecule has 4 nitrogen and oxygen atoms in total. The van der Waals surface area contributed by atoms with E-state index >= 15 is 0 Å². The summed E-state index contributed by atoms with van der Waals surface area (Å²) in [5.74, 6) is 0. The third kappa shape index (κ3) is 5.82. The Bertz CT molecular complexity index is 402. The monoisotopic (exact) mass is 243 g/mol. The SMILES string of the molecule is C[C@H](CCCc1cccnc1)OS(C)(=O)=O. The predicted molar refractivity (Wildman–Crippen MR) is 62.6 cm³/mol. The molecule has 0 unspecified atom stereocenters. The highest BCUT2D eigenvalue weighted by atomic mass is 32.2.